The first-order valence-electron chi connectivity index (χ1n) is 9.83. The summed E-state index contributed by atoms with van der Waals surface area (Å²) in [6, 6.07) is 12.9. The summed E-state index contributed by atoms with van der Waals surface area (Å²) in [6.45, 7) is 6.46. The summed E-state index contributed by atoms with van der Waals surface area (Å²) in [5.41, 5.74) is 1.32. The highest BCUT2D eigenvalue weighted by Gasteiger charge is 2.31. The highest BCUT2D eigenvalue weighted by molar-refractivity contribution is 5.83. The number of benzene rings is 2. The van der Waals surface area contributed by atoms with Crippen LogP contribution in [0.2, 0.25) is 0 Å². The van der Waals surface area contributed by atoms with E-state index in [1.807, 2.05) is 54.0 Å². The molecular formula is C22H27F2N3O. The van der Waals surface area contributed by atoms with Crippen LogP contribution >= 0.6 is 0 Å². The molecule has 1 N–H and O–H groups in total. The van der Waals surface area contributed by atoms with E-state index in [2.05, 4.69) is 5.32 Å². The number of likely N-dealkylation sites (N-methyl/N-ethyl adjacent to an activating group) is 1. The van der Waals surface area contributed by atoms with E-state index >= 15 is 0 Å². The quantitative estimate of drug-likeness (QED) is 0.786. The molecule has 4 nitrogen and oxygen atoms in total. The van der Waals surface area contributed by atoms with Crippen molar-refractivity contribution in [3.05, 3.63) is 65.7 Å². The van der Waals surface area contributed by atoms with Crippen molar-refractivity contribution in [1.82, 2.24) is 10.2 Å². The van der Waals surface area contributed by atoms with Gasteiger partial charge in [-0.2, -0.15) is 0 Å². The normalized spacial score (nSPS) is 17.6. The Morgan fingerprint density at radius 2 is 1.89 bits per heavy atom. The molecule has 1 aliphatic heterocycles. The molecular weight excluding hydrogens is 360 g/mol. The smallest absolute Gasteiger partial charge is 0.244 e. The molecule has 1 fully saturated rings. The number of halogens is 2. The maximum absolute atomic E-state index is 14.1. The van der Waals surface area contributed by atoms with Crippen molar-refractivity contribution in [2.75, 3.05) is 31.1 Å². The van der Waals surface area contributed by atoms with Gasteiger partial charge in [0.1, 0.15) is 17.7 Å². The van der Waals surface area contributed by atoms with Crippen LogP contribution in [0.3, 0.4) is 0 Å². The number of hydrogen-bond acceptors (Lipinski definition) is 3. The molecule has 0 saturated carbocycles. The van der Waals surface area contributed by atoms with Crippen LogP contribution < -0.4 is 10.2 Å². The van der Waals surface area contributed by atoms with Gasteiger partial charge < -0.3 is 9.80 Å². The van der Waals surface area contributed by atoms with Crippen LogP contribution in [0, 0.1) is 11.6 Å². The highest BCUT2D eigenvalue weighted by Crippen LogP contribution is 2.26. The molecule has 0 aliphatic carbocycles. The maximum atomic E-state index is 14.1. The van der Waals surface area contributed by atoms with Crippen molar-refractivity contribution in [2.24, 2.45) is 0 Å². The number of hydrogen-bond donors (Lipinski definition) is 1. The summed E-state index contributed by atoms with van der Waals surface area (Å²) < 4.78 is 27.3. The molecule has 0 bridgehead atoms. The Labute approximate surface area is 165 Å². The average Bonchev–Trinajstić information content (AvgIpc) is 3.16. The van der Waals surface area contributed by atoms with Gasteiger partial charge in [-0.1, -0.05) is 30.3 Å². The van der Waals surface area contributed by atoms with Gasteiger partial charge in [0.05, 0.1) is 5.69 Å². The highest BCUT2D eigenvalue weighted by atomic mass is 19.1. The molecule has 2 aromatic rings. The second-order valence-electron chi connectivity index (χ2n) is 7.05. The zero-order valence-corrected chi connectivity index (χ0v) is 16.4. The second-order valence-corrected chi connectivity index (χ2v) is 7.05. The molecule has 1 aliphatic rings. The number of rotatable bonds is 7. The largest absolute Gasteiger partial charge is 0.368 e. The Balaban J connectivity index is 1.75. The molecule has 6 heteroatoms. The van der Waals surface area contributed by atoms with Crippen LogP contribution in [0.4, 0.5) is 14.5 Å². The molecule has 0 spiro atoms. The van der Waals surface area contributed by atoms with Crippen molar-refractivity contribution >= 4 is 11.6 Å². The molecule has 2 aromatic carbocycles. The lowest BCUT2D eigenvalue weighted by molar-refractivity contribution is -0.133. The van der Waals surface area contributed by atoms with Gasteiger partial charge in [-0.3, -0.25) is 10.1 Å². The fraction of sp³-hybridized carbons (Fsp3) is 0.409. The first-order chi connectivity index (χ1) is 13.5. The lowest BCUT2D eigenvalue weighted by atomic mass is 10.0. The SMILES string of the molecule is CCN(CC)C(=O)C(NC1CCN(c2ccc(F)cc2F)C1)c1ccccc1. The van der Waals surface area contributed by atoms with Crippen molar-refractivity contribution < 1.29 is 13.6 Å². The van der Waals surface area contributed by atoms with Gasteiger partial charge in [0, 0.05) is 38.3 Å². The second kappa shape index (κ2) is 9.15. The van der Waals surface area contributed by atoms with E-state index in [0.717, 1.165) is 18.1 Å². The summed E-state index contributed by atoms with van der Waals surface area (Å²) in [5, 5.41) is 3.48. The Bertz CT molecular complexity index is 796. The standard InChI is InChI=1S/C22H27F2N3O/c1-3-26(4-2)22(28)21(16-8-6-5-7-9-16)25-18-12-13-27(15-18)20-11-10-17(23)14-19(20)24/h5-11,14,18,21,25H,3-4,12-13,15H2,1-2H3. The first-order valence-corrected chi connectivity index (χ1v) is 9.83. The van der Waals surface area contributed by atoms with Gasteiger partial charge in [0.2, 0.25) is 5.91 Å². The molecule has 150 valence electrons. The Kier molecular flexibility index (Phi) is 6.62. The monoisotopic (exact) mass is 387 g/mol. The predicted molar refractivity (Wildman–Crippen MR) is 107 cm³/mol. The van der Waals surface area contributed by atoms with E-state index < -0.39 is 17.7 Å². The van der Waals surface area contributed by atoms with Gasteiger partial charge in [-0.05, 0) is 38.0 Å². The zero-order chi connectivity index (χ0) is 20.1. The molecule has 0 aromatic heterocycles. The summed E-state index contributed by atoms with van der Waals surface area (Å²) in [4.78, 5) is 16.8. The van der Waals surface area contributed by atoms with Gasteiger partial charge in [-0.25, -0.2) is 8.78 Å². The third kappa shape index (κ3) is 4.50. The Hall–Kier alpha value is -2.47. The Morgan fingerprint density at radius 1 is 1.18 bits per heavy atom. The van der Waals surface area contributed by atoms with Crippen molar-refractivity contribution in [1.29, 1.82) is 0 Å². The molecule has 2 atom stereocenters. The minimum atomic E-state index is -0.580. The zero-order valence-electron chi connectivity index (χ0n) is 16.4. The lowest BCUT2D eigenvalue weighted by Gasteiger charge is -2.28. The fourth-order valence-corrected chi connectivity index (χ4v) is 3.76. The number of nitrogens with one attached hydrogen (secondary N) is 1. The summed E-state index contributed by atoms with van der Waals surface area (Å²) in [7, 11) is 0. The third-order valence-electron chi connectivity index (χ3n) is 5.30. The summed E-state index contributed by atoms with van der Waals surface area (Å²) in [5.74, 6) is -1.09. The molecule has 2 unspecified atom stereocenters. The summed E-state index contributed by atoms with van der Waals surface area (Å²) in [6.07, 6.45) is 0.783. The molecule has 1 heterocycles. The van der Waals surface area contributed by atoms with Crippen LogP contribution in [0.5, 0.6) is 0 Å². The van der Waals surface area contributed by atoms with E-state index in [9.17, 15) is 13.6 Å². The van der Waals surface area contributed by atoms with E-state index in [4.69, 9.17) is 0 Å². The van der Waals surface area contributed by atoms with Crippen molar-refractivity contribution in [2.45, 2.75) is 32.4 Å². The van der Waals surface area contributed by atoms with E-state index in [1.165, 1.54) is 12.1 Å². The van der Waals surface area contributed by atoms with Crippen LogP contribution in [0.15, 0.2) is 48.5 Å². The van der Waals surface area contributed by atoms with Gasteiger partial charge in [0.15, 0.2) is 0 Å². The number of carbonyl (C=O) groups excluding carboxylic acids is 1. The molecule has 0 radical (unpaired) electrons. The van der Waals surface area contributed by atoms with Gasteiger partial charge in [-0.15, -0.1) is 0 Å². The fourth-order valence-electron chi connectivity index (χ4n) is 3.76. The number of anilines is 1. The molecule has 3 rings (SSSR count). The summed E-state index contributed by atoms with van der Waals surface area (Å²) >= 11 is 0. The molecule has 1 saturated heterocycles. The average molecular weight is 387 g/mol. The van der Waals surface area contributed by atoms with Crippen molar-refractivity contribution in [3.8, 4) is 0 Å². The minimum absolute atomic E-state index is 0.0363. The van der Waals surface area contributed by atoms with Crippen molar-refractivity contribution in [3.63, 3.8) is 0 Å². The third-order valence-corrected chi connectivity index (χ3v) is 5.30. The van der Waals surface area contributed by atoms with E-state index in [1.54, 1.807) is 0 Å². The van der Waals surface area contributed by atoms with Crippen LogP contribution in [0.25, 0.3) is 0 Å². The van der Waals surface area contributed by atoms with Crippen LogP contribution in [-0.4, -0.2) is 43.0 Å². The predicted octanol–water partition coefficient (Wildman–Crippen LogP) is 3.74. The molecule has 1 amide bonds. The number of nitrogens with zero attached hydrogens (tertiary/aromatic N) is 2. The number of amides is 1. The van der Waals surface area contributed by atoms with Crippen LogP contribution in [0.1, 0.15) is 31.9 Å². The van der Waals surface area contributed by atoms with Gasteiger partial charge >= 0.3 is 0 Å². The Morgan fingerprint density at radius 3 is 2.54 bits per heavy atom. The topological polar surface area (TPSA) is 35.6 Å². The van der Waals surface area contributed by atoms with E-state index in [0.29, 0.717) is 31.9 Å². The van der Waals surface area contributed by atoms with E-state index in [-0.39, 0.29) is 11.9 Å². The maximum Gasteiger partial charge on any atom is 0.244 e. The molecule has 28 heavy (non-hydrogen) atoms. The number of carbonyl (C=O) groups is 1. The minimum Gasteiger partial charge on any atom is -0.368 e. The lowest BCUT2D eigenvalue weighted by Crippen LogP contribution is -2.45. The van der Waals surface area contributed by atoms with Gasteiger partial charge in [0.25, 0.3) is 0 Å². The van der Waals surface area contributed by atoms with Crippen LogP contribution in [-0.2, 0) is 4.79 Å². The first kappa shape index (κ1) is 20.3.